The Morgan fingerprint density at radius 1 is 1.33 bits per heavy atom. The van der Waals surface area contributed by atoms with Crippen LogP contribution in [0.15, 0.2) is 0 Å². The molecule has 0 fully saturated rings. The summed E-state index contributed by atoms with van der Waals surface area (Å²) in [5.41, 5.74) is 0. The molecule has 12 heavy (non-hydrogen) atoms. The number of unbranched alkanes of at least 4 members (excludes halogenated alkanes) is 1. The van der Waals surface area contributed by atoms with Crippen molar-refractivity contribution in [2.24, 2.45) is 0 Å². The Bertz CT molecular complexity index is 123. The number of nitrogens with zero attached hydrogens (tertiary/aromatic N) is 1. The van der Waals surface area contributed by atoms with Crippen molar-refractivity contribution in [3.05, 3.63) is 0 Å². The van der Waals surface area contributed by atoms with Gasteiger partial charge in [-0.25, -0.2) is 0 Å². The van der Waals surface area contributed by atoms with Gasteiger partial charge in [0.05, 0.1) is 25.9 Å². The van der Waals surface area contributed by atoms with Crippen molar-refractivity contribution in [2.45, 2.75) is 12.8 Å². The fraction of sp³-hybridized carbons (Fsp3) is 0.875. The minimum Gasteiger partial charge on any atom is -0.394 e. The second-order valence-corrected chi connectivity index (χ2v) is 2.35. The quantitative estimate of drug-likeness (QED) is 0.501. The maximum Gasteiger partial charge on any atom is 0.0698 e. The lowest BCUT2D eigenvalue weighted by Crippen LogP contribution is -2.21. The van der Waals surface area contributed by atoms with Gasteiger partial charge in [-0.05, 0) is 13.0 Å². The highest BCUT2D eigenvalue weighted by Gasteiger charge is 1.88. The lowest BCUT2D eigenvalue weighted by atomic mass is 10.3. The van der Waals surface area contributed by atoms with E-state index in [2.05, 4.69) is 11.4 Å². The van der Waals surface area contributed by atoms with Crippen LogP contribution in [-0.2, 0) is 4.74 Å². The summed E-state index contributed by atoms with van der Waals surface area (Å²) in [7, 11) is 0. The maximum atomic E-state index is 8.36. The lowest BCUT2D eigenvalue weighted by molar-refractivity contribution is 0.0940. The van der Waals surface area contributed by atoms with Crippen LogP contribution in [0.5, 0.6) is 0 Å². The van der Waals surface area contributed by atoms with Crippen molar-refractivity contribution >= 4 is 0 Å². The summed E-state index contributed by atoms with van der Waals surface area (Å²) in [4.78, 5) is 0. The number of hydrogen-bond donors (Lipinski definition) is 2. The summed E-state index contributed by atoms with van der Waals surface area (Å²) >= 11 is 0. The van der Waals surface area contributed by atoms with Crippen LogP contribution in [0.25, 0.3) is 0 Å². The first kappa shape index (κ1) is 11.4. The predicted octanol–water partition coefficient (Wildman–Crippen LogP) is -0.111. The number of ether oxygens (including phenoxy) is 1. The molecule has 4 nitrogen and oxygen atoms in total. The molecule has 0 heterocycles. The highest BCUT2D eigenvalue weighted by Crippen LogP contribution is 1.82. The molecule has 0 saturated heterocycles. The van der Waals surface area contributed by atoms with Crippen molar-refractivity contribution in [2.75, 3.05) is 32.9 Å². The zero-order valence-electron chi connectivity index (χ0n) is 7.25. The predicted molar refractivity (Wildman–Crippen MR) is 45.6 cm³/mol. The zero-order chi connectivity index (χ0) is 9.07. The Balaban J connectivity index is 2.78. The third-order valence-electron chi connectivity index (χ3n) is 1.30. The summed E-state index contributed by atoms with van der Waals surface area (Å²) in [6, 6.07) is 2.07. The Labute approximate surface area is 73.1 Å². The van der Waals surface area contributed by atoms with Crippen LogP contribution in [0.3, 0.4) is 0 Å². The zero-order valence-corrected chi connectivity index (χ0v) is 7.25. The molecule has 0 aromatic rings. The van der Waals surface area contributed by atoms with Gasteiger partial charge in [-0.15, -0.1) is 0 Å². The Morgan fingerprint density at radius 3 is 2.83 bits per heavy atom. The molecule has 0 atom stereocenters. The molecule has 0 rings (SSSR count). The van der Waals surface area contributed by atoms with Crippen LogP contribution in [0.4, 0.5) is 0 Å². The van der Waals surface area contributed by atoms with Gasteiger partial charge < -0.3 is 15.2 Å². The second-order valence-electron chi connectivity index (χ2n) is 2.35. The van der Waals surface area contributed by atoms with Crippen molar-refractivity contribution in [1.82, 2.24) is 5.32 Å². The van der Waals surface area contributed by atoms with Crippen LogP contribution < -0.4 is 5.32 Å². The van der Waals surface area contributed by atoms with Crippen LogP contribution >= 0.6 is 0 Å². The Hall–Kier alpha value is -0.630. The molecule has 0 saturated carbocycles. The normalized spacial score (nSPS) is 9.67. The molecule has 0 aliphatic heterocycles. The number of nitrogens with one attached hydrogen (secondary N) is 1. The van der Waals surface area contributed by atoms with E-state index in [0.717, 1.165) is 19.5 Å². The number of rotatable bonds is 8. The van der Waals surface area contributed by atoms with Gasteiger partial charge in [0.25, 0.3) is 0 Å². The van der Waals surface area contributed by atoms with Gasteiger partial charge in [-0.2, -0.15) is 5.26 Å². The first-order valence-electron chi connectivity index (χ1n) is 4.18. The molecule has 0 aromatic heterocycles. The second kappa shape index (κ2) is 10.4. The van der Waals surface area contributed by atoms with Gasteiger partial charge in [0, 0.05) is 13.0 Å². The third kappa shape index (κ3) is 9.37. The molecule has 4 heteroatoms. The fourth-order valence-corrected chi connectivity index (χ4v) is 0.728. The molecule has 70 valence electrons. The van der Waals surface area contributed by atoms with E-state index in [4.69, 9.17) is 15.1 Å². The summed E-state index contributed by atoms with van der Waals surface area (Å²) in [6.07, 6.45) is 1.49. The first-order chi connectivity index (χ1) is 5.91. The Morgan fingerprint density at radius 2 is 2.17 bits per heavy atom. The molecule has 2 N–H and O–H groups in total. The van der Waals surface area contributed by atoms with E-state index in [9.17, 15) is 0 Å². The van der Waals surface area contributed by atoms with Gasteiger partial charge in [0.15, 0.2) is 0 Å². The molecular formula is C8H16N2O2. The first-order valence-corrected chi connectivity index (χ1v) is 4.18. The topological polar surface area (TPSA) is 65.3 Å². The highest BCUT2D eigenvalue weighted by atomic mass is 16.5. The van der Waals surface area contributed by atoms with Crippen molar-refractivity contribution in [1.29, 1.82) is 5.26 Å². The molecular weight excluding hydrogens is 156 g/mol. The summed E-state index contributed by atoms with van der Waals surface area (Å²) in [5.74, 6) is 0. The van der Waals surface area contributed by atoms with E-state index in [1.807, 2.05) is 0 Å². The van der Waals surface area contributed by atoms with Crippen molar-refractivity contribution in [3.63, 3.8) is 0 Å². The number of hydrogen-bond acceptors (Lipinski definition) is 4. The number of aliphatic hydroxyl groups excluding tert-OH is 1. The van der Waals surface area contributed by atoms with E-state index in [1.165, 1.54) is 0 Å². The Kier molecular flexibility index (Phi) is 9.83. The van der Waals surface area contributed by atoms with Gasteiger partial charge in [0.1, 0.15) is 0 Å². The molecule has 0 aromatic carbocycles. The van der Waals surface area contributed by atoms with Crippen LogP contribution in [0.1, 0.15) is 12.8 Å². The van der Waals surface area contributed by atoms with Gasteiger partial charge in [0.2, 0.25) is 0 Å². The smallest absolute Gasteiger partial charge is 0.0698 e. The van der Waals surface area contributed by atoms with E-state index < -0.39 is 0 Å². The maximum absolute atomic E-state index is 8.36. The number of aliphatic hydroxyl groups is 1. The lowest BCUT2D eigenvalue weighted by Gasteiger charge is -2.03. The minimum absolute atomic E-state index is 0.0778. The van der Waals surface area contributed by atoms with Crippen molar-refractivity contribution in [3.8, 4) is 6.07 Å². The van der Waals surface area contributed by atoms with Gasteiger partial charge >= 0.3 is 0 Å². The minimum atomic E-state index is 0.0778. The molecule has 0 radical (unpaired) electrons. The van der Waals surface area contributed by atoms with Crippen LogP contribution in [0, 0.1) is 11.3 Å². The summed E-state index contributed by atoms with van der Waals surface area (Å²) < 4.78 is 5.01. The molecule has 0 aliphatic rings. The SMILES string of the molecule is N#CCCCNCCOCCO. The summed E-state index contributed by atoms with van der Waals surface area (Å²) in [6.45, 7) is 2.74. The fourth-order valence-electron chi connectivity index (χ4n) is 0.728. The molecule has 0 aliphatic carbocycles. The number of nitriles is 1. The third-order valence-corrected chi connectivity index (χ3v) is 1.30. The van der Waals surface area contributed by atoms with Crippen molar-refractivity contribution < 1.29 is 9.84 Å². The van der Waals surface area contributed by atoms with Crippen LogP contribution in [0.2, 0.25) is 0 Å². The van der Waals surface area contributed by atoms with E-state index in [-0.39, 0.29) is 6.61 Å². The molecule has 0 bridgehead atoms. The van der Waals surface area contributed by atoms with E-state index in [0.29, 0.717) is 19.6 Å². The molecule has 0 unspecified atom stereocenters. The average Bonchev–Trinajstić information content (AvgIpc) is 2.10. The van der Waals surface area contributed by atoms with Gasteiger partial charge in [-0.1, -0.05) is 0 Å². The van der Waals surface area contributed by atoms with Gasteiger partial charge in [-0.3, -0.25) is 0 Å². The molecule has 0 amide bonds. The largest absolute Gasteiger partial charge is 0.394 e. The monoisotopic (exact) mass is 172 g/mol. The average molecular weight is 172 g/mol. The highest BCUT2D eigenvalue weighted by molar-refractivity contribution is 4.68. The van der Waals surface area contributed by atoms with E-state index >= 15 is 0 Å². The molecule has 0 spiro atoms. The van der Waals surface area contributed by atoms with E-state index in [1.54, 1.807) is 0 Å². The summed E-state index contributed by atoms with van der Waals surface area (Å²) in [5, 5.41) is 19.7. The van der Waals surface area contributed by atoms with Crippen LogP contribution in [-0.4, -0.2) is 38.0 Å². The standard InChI is InChI=1S/C8H16N2O2/c9-3-1-2-4-10-5-7-12-8-6-11/h10-11H,1-2,4-8H2.